The van der Waals surface area contributed by atoms with E-state index < -0.39 is 28.5 Å². The highest BCUT2D eigenvalue weighted by Gasteiger charge is 2.33. The van der Waals surface area contributed by atoms with E-state index in [-0.39, 0.29) is 24.6 Å². The van der Waals surface area contributed by atoms with Gasteiger partial charge in [0.05, 0.1) is 11.9 Å². The van der Waals surface area contributed by atoms with Gasteiger partial charge >= 0.3 is 0 Å². The Hall–Kier alpha value is -2.88. The highest BCUT2D eigenvalue weighted by atomic mass is 79.9. The topological polar surface area (TPSA) is 86.8 Å². The normalized spacial score (nSPS) is 12.0. The number of carbonyl (C=O) groups is 2. The first-order valence-electron chi connectivity index (χ1n) is 12.7. The first kappa shape index (κ1) is 30.7. The predicted molar refractivity (Wildman–Crippen MR) is 160 cm³/mol. The van der Waals surface area contributed by atoms with Crippen LogP contribution in [0.3, 0.4) is 0 Å². The van der Waals surface area contributed by atoms with E-state index in [2.05, 4.69) is 21.2 Å². The van der Waals surface area contributed by atoms with Gasteiger partial charge in [-0.05, 0) is 47.9 Å². The molecule has 0 unspecified atom stereocenters. The summed E-state index contributed by atoms with van der Waals surface area (Å²) in [4.78, 5) is 29.0. The number of hydrogen-bond acceptors (Lipinski definition) is 4. The second-order valence-electron chi connectivity index (χ2n) is 9.25. The quantitative estimate of drug-likeness (QED) is 0.254. The lowest BCUT2D eigenvalue weighted by molar-refractivity contribution is -0.140. The second kappa shape index (κ2) is 14.5. The molecule has 7 nitrogen and oxygen atoms in total. The molecule has 0 aromatic heterocycles. The highest BCUT2D eigenvalue weighted by molar-refractivity contribution is 9.10. The summed E-state index contributed by atoms with van der Waals surface area (Å²) >= 11 is 9.56. The molecule has 0 aliphatic carbocycles. The molecule has 0 bridgehead atoms. The Morgan fingerprint density at radius 3 is 2.28 bits per heavy atom. The van der Waals surface area contributed by atoms with Crippen molar-refractivity contribution in [2.24, 2.45) is 0 Å². The average Bonchev–Trinajstić information content (AvgIpc) is 2.90. The molecule has 0 radical (unpaired) electrons. The van der Waals surface area contributed by atoms with E-state index in [1.54, 1.807) is 18.2 Å². The van der Waals surface area contributed by atoms with Gasteiger partial charge < -0.3 is 10.2 Å². The van der Waals surface area contributed by atoms with Crippen molar-refractivity contribution in [2.75, 3.05) is 23.7 Å². The summed E-state index contributed by atoms with van der Waals surface area (Å²) in [5.41, 5.74) is 1.96. The van der Waals surface area contributed by atoms with E-state index in [4.69, 9.17) is 11.6 Å². The standard InChI is InChI=1S/C29H33BrClN3O4S/c1-3-4-17-32-29(36)27(18-22-9-6-5-7-10-22)33(20-23-13-15-24(30)16-14-23)28(35)21-34(39(2,37)38)26-12-8-11-25(31)19-26/h5-16,19,27H,3-4,17-18,20-21H2,1-2H3,(H,32,36)/t27-/m0/s1. The summed E-state index contributed by atoms with van der Waals surface area (Å²) in [5, 5.41) is 3.31. The van der Waals surface area contributed by atoms with Gasteiger partial charge in [0.25, 0.3) is 0 Å². The smallest absolute Gasteiger partial charge is 0.244 e. The molecule has 0 spiro atoms. The lowest BCUT2D eigenvalue weighted by Gasteiger charge is -2.33. The van der Waals surface area contributed by atoms with Crippen LogP contribution in [-0.4, -0.2) is 50.5 Å². The van der Waals surface area contributed by atoms with Gasteiger partial charge in [0.15, 0.2) is 0 Å². The van der Waals surface area contributed by atoms with Crippen molar-refractivity contribution in [1.82, 2.24) is 10.2 Å². The first-order valence-corrected chi connectivity index (χ1v) is 15.7. The van der Waals surface area contributed by atoms with Gasteiger partial charge in [0, 0.05) is 29.0 Å². The van der Waals surface area contributed by atoms with Crippen LogP contribution in [0.4, 0.5) is 5.69 Å². The summed E-state index contributed by atoms with van der Waals surface area (Å²) in [7, 11) is -3.84. The van der Waals surface area contributed by atoms with Crippen LogP contribution in [0.15, 0.2) is 83.3 Å². The SMILES string of the molecule is CCCCNC(=O)[C@H](Cc1ccccc1)N(Cc1ccc(Br)cc1)C(=O)CN(c1cccc(Cl)c1)S(C)(=O)=O. The van der Waals surface area contributed by atoms with Gasteiger partial charge in [-0.15, -0.1) is 0 Å². The molecule has 0 aliphatic rings. The average molecular weight is 635 g/mol. The number of sulfonamides is 1. The minimum Gasteiger partial charge on any atom is -0.354 e. The molecule has 3 aromatic carbocycles. The molecule has 208 valence electrons. The Kier molecular flexibility index (Phi) is 11.4. The van der Waals surface area contributed by atoms with Gasteiger partial charge in [-0.1, -0.05) is 89.4 Å². The molecule has 0 fully saturated rings. The molecule has 39 heavy (non-hydrogen) atoms. The third-order valence-corrected chi connectivity index (χ3v) is 8.05. The molecule has 3 rings (SSSR count). The number of hydrogen-bond donors (Lipinski definition) is 1. The number of nitrogens with zero attached hydrogens (tertiary/aromatic N) is 2. The first-order chi connectivity index (χ1) is 18.6. The third-order valence-electron chi connectivity index (χ3n) is 6.14. The molecule has 10 heteroatoms. The number of carbonyl (C=O) groups excluding carboxylic acids is 2. The molecule has 0 saturated carbocycles. The molecule has 1 N–H and O–H groups in total. The number of benzene rings is 3. The van der Waals surface area contributed by atoms with Crippen LogP contribution in [0, 0.1) is 0 Å². The van der Waals surface area contributed by atoms with Crippen LogP contribution in [0.25, 0.3) is 0 Å². The molecule has 1 atom stereocenters. The van der Waals surface area contributed by atoms with Crippen molar-refractivity contribution in [1.29, 1.82) is 0 Å². The highest BCUT2D eigenvalue weighted by Crippen LogP contribution is 2.23. The Labute approximate surface area is 244 Å². The van der Waals surface area contributed by atoms with Crippen molar-refractivity contribution in [3.05, 3.63) is 99.5 Å². The van der Waals surface area contributed by atoms with E-state index in [9.17, 15) is 18.0 Å². The zero-order chi connectivity index (χ0) is 28.4. The molecular weight excluding hydrogens is 602 g/mol. The van der Waals surface area contributed by atoms with E-state index in [0.717, 1.165) is 39.0 Å². The fraction of sp³-hybridized carbons (Fsp3) is 0.310. The summed E-state index contributed by atoms with van der Waals surface area (Å²) < 4.78 is 27.5. The summed E-state index contributed by atoms with van der Waals surface area (Å²) in [6.45, 7) is 2.16. The zero-order valence-electron chi connectivity index (χ0n) is 22.0. The van der Waals surface area contributed by atoms with Crippen LogP contribution in [0.1, 0.15) is 30.9 Å². The minimum absolute atomic E-state index is 0.123. The lowest BCUT2D eigenvalue weighted by Crippen LogP contribution is -2.53. The van der Waals surface area contributed by atoms with Crippen LogP contribution in [0.2, 0.25) is 5.02 Å². The summed E-state index contributed by atoms with van der Waals surface area (Å²) in [6.07, 6.45) is 3.03. The van der Waals surface area contributed by atoms with Crippen molar-refractivity contribution in [3.8, 4) is 0 Å². The number of nitrogens with one attached hydrogen (secondary N) is 1. The molecule has 2 amide bonds. The zero-order valence-corrected chi connectivity index (χ0v) is 25.2. The van der Waals surface area contributed by atoms with Crippen molar-refractivity contribution < 1.29 is 18.0 Å². The maximum atomic E-state index is 14.0. The number of rotatable bonds is 13. The largest absolute Gasteiger partial charge is 0.354 e. The summed E-state index contributed by atoms with van der Waals surface area (Å²) in [5.74, 6) is -0.790. The lowest BCUT2D eigenvalue weighted by atomic mass is 10.0. The third kappa shape index (κ3) is 9.37. The Bertz CT molecular complexity index is 1350. The Balaban J connectivity index is 2.02. The van der Waals surface area contributed by atoms with Gasteiger partial charge in [-0.25, -0.2) is 8.42 Å². The Morgan fingerprint density at radius 1 is 0.974 bits per heavy atom. The maximum Gasteiger partial charge on any atom is 0.244 e. The number of unbranched alkanes of at least 4 members (excludes halogenated alkanes) is 1. The van der Waals surface area contributed by atoms with Crippen LogP contribution >= 0.6 is 27.5 Å². The number of halogens is 2. The van der Waals surface area contributed by atoms with E-state index >= 15 is 0 Å². The van der Waals surface area contributed by atoms with Crippen LogP contribution < -0.4 is 9.62 Å². The number of amides is 2. The molecule has 0 aliphatic heterocycles. The van der Waals surface area contributed by atoms with Gasteiger partial charge in [-0.3, -0.25) is 13.9 Å². The fourth-order valence-corrected chi connectivity index (χ4v) is 5.38. The number of anilines is 1. The minimum atomic E-state index is -3.84. The molecule has 3 aromatic rings. The van der Waals surface area contributed by atoms with Gasteiger partial charge in [-0.2, -0.15) is 0 Å². The summed E-state index contributed by atoms with van der Waals surface area (Å²) in [6, 6.07) is 22.4. The maximum absolute atomic E-state index is 14.0. The molecule has 0 saturated heterocycles. The predicted octanol–water partition coefficient (Wildman–Crippen LogP) is 5.42. The fourth-order valence-electron chi connectivity index (χ4n) is 4.09. The Morgan fingerprint density at radius 2 is 1.67 bits per heavy atom. The van der Waals surface area contributed by atoms with Gasteiger partial charge in [0.2, 0.25) is 21.8 Å². The molecular formula is C29H33BrClN3O4S. The van der Waals surface area contributed by atoms with Crippen LogP contribution in [0.5, 0.6) is 0 Å². The van der Waals surface area contributed by atoms with Crippen molar-refractivity contribution in [2.45, 2.75) is 38.8 Å². The van der Waals surface area contributed by atoms with E-state index in [0.29, 0.717) is 11.6 Å². The van der Waals surface area contributed by atoms with Gasteiger partial charge in [0.1, 0.15) is 12.6 Å². The van der Waals surface area contributed by atoms with Crippen molar-refractivity contribution >= 4 is 55.1 Å². The van der Waals surface area contributed by atoms with E-state index in [1.807, 2.05) is 61.5 Å². The monoisotopic (exact) mass is 633 g/mol. The second-order valence-corrected chi connectivity index (χ2v) is 12.5. The van der Waals surface area contributed by atoms with Crippen molar-refractivity contribution in [3.63, 3.8) is 0 Å². The van der Waals surface area contributed by atoms with E-state index in [1.165, 1.54) is 11.0 Å². The van der Waals surface area contributed by atoms with Crippen LogP contribution in [-0.2, 0) is 32.6 Å². The molecule has 0 heterocycles.